The molecule has 3 heteroatoms. The molecule has 1 radical (unpaired) electrons. The Kier molecular flexibility index (Phi) is 0.886. The van der Waals surface area contributed by atoms with Crippen molar-refractivity contribution in [3.63, 3.8) is 0 Å². The Morgan fingerprint density at radius 2 is 2.67 bits per heavy atom. The minimum absolute atomic E-state index is 0.900. The van der Waals surface area contributed by atoms with Crippen LogP contribution in [0.25, 0.3) is 0 Å². The number of anilines is 1. The smallest absolute Gasteiger partial charge is 0.152 e. The lowest BCUT2D eigenvalue weighted by Gasteiger charge is -1.91. The van der Waals surface area contributed by atoms with Crippen molar-refractivity contribution in [3.05, 3.63) is 17.8 Å². The van der Waals surface area contributed by atoms with E-state index in [2.05, 4.69) is 21.6 Å². The van der Waals surface area contributed by atoms with Crippen LogP contribution in [0.3, 0.4) is 0 Å². The molecule has 0 saturated heterocycles. The second kappa shape index (κ2) is 1.69. The predicted octanol–water partition coefficient (Wildman–Crippen LogP) is 0.245. The average Bonchev–Trinajstić information content (AvgIpc) is 2.33. The summed E-state index contributed by atoms with van der Waals surface area (Å²) >= 11 is 0. The molecule has 0 fully saturated rings. The molecule has 2 heterocycles. The predicted molar refractivity (Wildman–Crippen MR) is 33.1 cm³/mol. The molecular weight excluding hydrogens is 114 g/mol. The summed E-state index contributed by atoms with van der Waals surface area (Å²) in [6, 6.07) is 3.01. The van der Waals surface area contributed by atoms with Crippen LogP contribution in [0.2, 0.25) is 0 Å². The fraction of sp³-hybridized carbons (Fsp3) is 0.333. The molecule has 0 atom stereocenters. The molecule has 0 amide bonds. The SMILES string of the molecule is [c]1cnnc2c1CCN2. The zero-order valence-electron chi connectivity index (χ0n) is 4.89. The molecule has 1 aliphatic rings. The Balaban J connectivity index is 2.54. The van der Waals surface area contributed by atoms with Gasteiger partial charge in [0.1, 0.15) is 0 Å². The van der Waals surface area contributed by atoms with Gasteiger partial charge in [0, 0.05) is 18.2 Å². The Morgan fingerprint density at radius 1 is 1.67 bits per heavy atom. The third-order valence-electron chi connectivity index (χ3n) is 1.41. The van der Waals surface area contributed by atoms with Crippen LogP contribution in [0.1, 0.15) is 5.56 Å². The lowest BCUT2D eigenvalue weighted by atomic mass is 10.2. The van der Waals surface area contributed by atoms with E-state index >= 15 is 0 Å². The third kappa shape index (κ3) is 0.650. The normalized spacial score (nSPS) is 14.7. The number of hydrogen-bond donors (Lipinski definition) is 1. The first-order valence-electron chi connectivity index (χ1n) is 2.93. The molecule has 9 heavy (non-hydrogen) atoms. The van der Waals surface area contributed by atoms with Gasteiger partial charge in [-0.05, 0) is 6.42 Å². The van der Waals surface area contributed by atoms with Crippen molar-refractivity contribution in [3.8, 4) is 0 Å². The van der Waals surface area contributed by atoms with Crippen LogP contribution in [-0.2, 0) is 6.42 Å². The summed E-state index contributed by atoms with van der Waals surface area (Å²) in [7, 11) is 0. The maximum atomic E-state index is 3.87. The molecule has 2 rings (SSSR count). The second-order valence-corrected chi connectivity index (χ2v) is 1.99. The number of hydrogen-bond acceptors (Lipinski definition) is 3. The van der Waals surface area contributed by atoms with E-state index < -0.39 is 0 Å². The molecule has 1 aromatic rings. The van der Waals surface area contributed by atoms with E-state index in [0.29, 0.717) is 0 Å². The minimum Gasteiger partial charge on any atom is -0.368 e. The monoisotopic (exact) mass is 120 g/mol. The molecule has 45 valence electrons. The fourth-order valence-corrected chi connectivity index (χ4v) is 0.961. The van der Waals surface area contributed by atoms with Crippen LogP contribution >= 0.6 is 0 Å². The zero-order valence-corrected chi connectivity index (χ0v) is 4.89. The van der Waals surface area contributed by atoms with Gasteiger partial charge in [-0.1, -0.05) is 0 Å². The largest absolute Gasteiger partial charge is 0.368 e. The summed E-state index contributed by atoms with van der Waals surface area (Å²) in [5.74, 6) is 0.900. The Labute approximate surface area is 53.1 Å². The van der Waals surface area contributed by atoms with E-state index in [4.69, 9.17) is 0 Å². The quantitative estimate of drug-likeness (QED) is 0.533. The molecule has 0 unspecified atom stereocenters. The van der Waals surface area contributed by atoms with Gasteiger partial charge < -0.3 is 5.32 Å². The molecular formula is C6H6N3. The topological polar surface area (TPSA) is 37.8 Å². The molecule has 1 aromatic heterocycles. The van der Waals surface area contributed by atoms with Crippen molar-refractivity contribution in [2.45, 2.75) is 6.42 Å². The van der Waals surface area contributed by atoms with Gasteiger partial charge >= 0.3 is 0 Å². The lowest BCUT2D eigenvalue weighted by molar-refractivity contribution is 1.03. The van der Waals surface area contributed by atoms with Crippen molar-refractivity contribution < 1.29 is 0 Å². The summed E-state index contributed by atoms with van der Waals surface area (Å²) in [4.78, 5) is 0. The maximum absolute atomic E-state index is 3.87. The molecule has 0 aliphatic carbocycles. The highest BCUT2D eigenvalue weighted by molar-refractivity contribution is 5.46. The Bertz CT molecular complexity index is 198. The summed E-state index contributed by atoms with van der Waals surface area (Å²) in [6.07, 6.45) is 2.64. The Hall–Kier alpha value is -1.12. The molecule has 0 aromatic carbocycles. The highest BCUT2D eigenvalue weighted by atomic mass is 15.2. The van der Waals surface area contributed by atoms with E-state index in [9.17, 15) is 0 Å². The van der Waals surface area contributed by atoms with Gasteiger partial charge in [-0.3, -0.25) is 0 Å². The summed E-state index contributed by atoms with van der Waals surface area (Å²) in [6.45, 7) is 0.977. The zero-order chi connectivity index (χ0) is 6.10. The summed E-state index contributed by atoms with van der Waals surface area (Å²) < 4.78 is 0. The van der Waals surface area contributed by atoms with Crippen molar-refractivity contribution in [1.29, 1.82) is 0 Å². The number of rotatable bonds is 0. The van der Waals surface area contributed by atoms with Gasteiger partial charge in [-0.15, -0.1) is 5.10 Å². The van der Waals surface area contributed by atoms with Crippen LogP contribution in [0.5, 0.6) is 0 Å². The fourth-order valence-electron chi connectivity index (χ4n) is 0.961. The second-order valence-electron chi connectivity index (χ2n) is 1.99. The highest BCUT2D eigenvalue weighted by Gasteiger charge is 2.09. The van der Waals surface area contributed by atoms with Crippen molar-refractivity contribution >= 4 is 5.82 Å². The minimum atomic E-state index is 0.900. The van der Waals surface area contributed by atoms with Crippen molar-refractivity contribution in [2.75, 3.05) is 11.9 Å². The van der Waals surface area contributed by atoms with Crippen LogP contribution in [0.4, 0.5) is 5.82 Å². The lowest BCUT2D eigenvalue weighted by Crippen LogP contribution is -1.93. The van der Waals surface area contributed by atoms with E-state index in [1.54, 1.807) is 6.20 Å². The Morgan fingerprint density at radius 3 is 3.56 bits per heavy atom. The number of nitrogens with zero attached hydrogens (tertiary/aromatic N) is 2. The van der Waals surface area contributed by atoms with Gasteiger partial charge in [-0.25, -0.2) is 0 Å². The summed E-state index contributed by atoms with van der Waals surface area (Å²) in [5, 5.41) is 10.7. The summed E-state index contributed by atoms with van der Waals surface area (Å²) in [5.41, 5.74) is 1.16. The van der Waals surface area contributed by atoms with Gasteiger partial charge in [0.15, 0.2) is 5.82 Å². The first-order chi connectivity index (χ1) is 4.47. The van der Waals surface area contributed by atoms with E-state index in [1.165, 1.54) is 0 Å². The van der Waals surface area contributed by atoms with Gasteiger partial charge in [0.05, 0.1) is 6.20 Å². The van der Waals surface area contributed by atoms with Gasteiger partial charge in [-0.2, -0.15) is 5.10 Å². The molecule has 0 bridgehead atoms. The van der Waals surface area contributed by atoms with Crippen LogP contribution in [-0.4, -0.2) is 16.7 Å². The molecule has 0 saturated carbocycles. The van der Waals surface area contributed by atoms with Crippen LogP contribution in [0, 0.1) is 6.07 Å². The van der Waals surface area contributed by atoms with E-state index in [0.717, 1.165) is 24.3 Å². The van der Waals surface area contributed by atoms with Crippen LogP contribution in [0.15, 0.2) is 6.20 Å². The van der Waals surface area contributed by atoms with Crippen LogP contribution < -0.4 is 5.32 Å². The molecule has 1 N–H and O–H groups in total. The highest BCUT2D eigenvalue weighted by Crippen LogP contribution is 2.15. The van der Waals surface area contributed by atoms with Crippen molar-refractivity contribution in [2.24, 2.45) is 0 Å². The van der Waals surface area contributed by atoms with Gasteiger partial charge in [0.25, 0.3) is 0 Å². The van der Waals surface area contributed by atoms with Crippen molar-refractivity contribution in [1.82, 2.24) is 10.2 Å². The number of nitrogens with one attached hydrogen (secondary N) is 1. The molecule has 0 spiro atoms. The maximum Gasteiger partial charge on any atom is 0.152 e. The number of aromatic nitrogens is 2. The van der Waals surface area contributed by atoms with E-state index in [1.807, 2.05) is 0 Å². The number of fused-ring (bicyclic) bond motifs is 1. The first-order valence-corrected chi connectivity index (χ1v) is 2.93. The van der Waals surface area contributed by atoms with Gasteiger partial charge in [0.2, 0.25) is 0 Å². The standard InChI is InChI=1S/C6H6N3/c1-3-7-6-5(1)2-4-8-9-6/h4H,1,3H2,(H,7,9). The average molecular weight is 120 g/mol. The third-order valence-corrected chi connectivity index (χ3v) is 1.41. The molecule has 3 nitrogen and oxygen atoms in total. The first kappa shape index (κ1) is 4.73. The van der Waals surface area contributed by atoms with E-state index in [-0.39, 0.29) is 0 Å². The molecule has 1 aliphatic heterocycles.